The zero-order valence-corrected chi connectivity index (χ0v) is 3.02. The third kappa shape index (κ3) is 3.28. The van der Waals surface area contributed by atoms with Gasteiger partial charge >= 0.3 is 0 Å². The molecule has 1 radical (unpaired) electrons. The minimum atomic E-state index is 1.44. The van der Waals surface area contributed by atoms with Crippen molar-refractivity contribution in [1.29, 1.82) is 0 Å². The smallest absolute Gasteiger partial charge is 0.0195 e. The van der Waals surface area contributed by atoms with E-state index in [1.54, 1.807) is 0 Å². The lowest BCUT2D eigenvalue weighted by Gasteiger charge is -1.69. The lowest BCUT2D eigenvalue weighted by Crippen LogP contribution is -1.72. The standard InChI is InChI=1S/C4H6N/c1-3-5-4-2/h3-4H,1-2H2. The van der Waals surface area contributed by atoms with Gasteiger partial charge in [-0.25, -0.2) is 0 Å². The van der Waals surface area contributed by atoms with E-state index in [0.717, 1.165) is 0 Å². The maximum Gasteiger partial charge on any atom is 0.0195 e. The molecule has 1 nitrogen and oxygen atoms in total. The molecular weight excluding hydrogens is 62.1 g/mol. The highest BCUT2D eigenvalue weighted by atomic mass is 14.8. The number of hydrogen-bond acceptors (Lipinski definition) is 0. The molecule has 1 heteroatoms. The van der Waals surface area contributed by atoms with Crippen LogP contribution >= 0.6 is 0 Å². The molecule has 0 saturated carbocycles. The molecular formula is C4H6N. The summed E-state index contributed by atoms with van der Waals surface area (Å²) in [5, 5.41) is 3.50. The van der Waals surface area contributed by atoms with E-state index in [4.69, 9.17) is 0 Å². The Balaban J connectivity index is 2.65. The Labute approximate surface area is 32.0 Å². The van der Waals surface area contributed by atoms with Crippen LogP contribution in [0.5, 0.6) is 0 Å². The van der Waals surface area contributed by atoms with Gasteiger partial charge in [0.15, 0.2) is 0 Å². The van der Waals surface area contributed by atoms with Crippen molar-refractivity contribution in [3.63, 3.8) is 0 Å². The molecule has 0 fully saturated rings. The minimum Gasteiger partial charge on any atom is -0.266 e. The van der Waals surface area contributed by atoms with E-state index in [-0.39, 0.29) is 0 Å². The monoisotopic (exact) mass is 68.1 g/mol. The van der Waals surface area contributed by atoms with Crippen molar-refractivity contribution in [2.45, 2.75) is 0 Å². The molecule has 0 spiro atoms. The summed E-state index contributed by atoms with van der Waals surface area (Å²) in [7, 11) is 0. The van der Waals surface area contributed by atoms with Gasteiger partial charge in [-0.3, -0.25) is 5.32 Å². The maximum atomic E-state index is 3.50. The van der Waals surface area contributed by atoms with E-state index in [2.05, 4.69) is 18.5 Å². The molecule has 0 saturated heterocycles. The van der Waals surface area contributed by atoms with Crippen LogP contribution in [-0.2, 0) is 0 Å². The fraction of sp³-hybridized carbons (Fsp3) is 0. The molecule has 0 amide bonds. The maximum absolute atomic E-state index is 3.50. The zero-order valence-electron chi connectivity index (χ0n) is 3.02. The third-order valence-electron chi connectivity index (χ3n) is 0.211. The van der Waals surface area contributed by atoms with Gasteiger partial charge in [-0.2, -0.15) is 0 Å². The van der Waals surface area contributed by atoms with Crippen molar-refractivity contribution in [3.8, 4) is 0 Å². The van der Waals surface area contributed by atoms with Gasteiger partial charge < -0.3 is 0 Å². The van der Waals surface area contributed by atoms with Gasteiger partial charge in [-0.1, -0.05) is 13.2 Å². The van der Waals surface area contributed by atoms with Crippen LogP contribution in [0.3, 0.4) is 0 Å². The summed E-state index contributed by atoms with van der Waals surface area (Å²) in [6.07, 6.45) is 2.88. The van der Waals surface area contributed by atoms with Gasteiger partial charge in [-0.15, -0.1) is 0 Å². The first-order valence-corrected chi connectivity index (χ1v) is 1.33. The Kier molecular flexibility index (Phi) is 2.81. The van der Waals surface area contributed by atoms with Gasteiger partial charge in [-0.05, 0) is 0 Å². The van der Waals surface area contributed by atoms with Gasteiger partial charge in [0.25, 0.3) is 0 Å². The Morgan fingerprint density at radius 3 is 1.60 bits per heavy atom. The van der Waals surface area contributed by atoms with E-state index in [1.165, 1.54) is 12.4 Å². The van der Waals surface area contributed by atoms with Crippen LogP contribution in [0.25, 0.3) is 0 Å². The molecule has 0 aromatic rings. The summed E-state index contributed by atoms with van der Waals surface area (Å²) in [5.41, 5.74) is 0. The Morgan fingerprint density at radius 1 is 1.20 bits per heavy atom. The van der Waals surface area contributed by atoms with Crippen LogP contribution in [0.2, 0.25) is 0 Å². The lowest BCUT2D eigenvalue weighted by molar-refractivity contribution is 1.19. The van der Waals surface area contributed by atoms with Crippen LogP contribution < -0.4 is 5.32 Å². The molecule has 0 aromatic heterocycles. The summed E-state index contributed by atoms with van der Waals surface area (Å²) in [5.74, 6) is 0. The molecule has 0 bridgehead atoms. The predicted octanol–water partition coefficient (Wildman–Crippen LogP) is 0.878. The van der Waals surface area contributed by atoms with E-state index in [0.29, 0.717) is 0 Å². The molecule has 0 aliphatic heterocycles. The average Bonchev–Trinajstić information content (AvgIpc) is 1.41. The molecule has 0 aliphatic carbocycles. The van der Waals surface area contributed by atoms with Crippen LogP contribution in [0, 0.1) is 0 Å². The van der Waals surface area contributed by atoms with E-state index in [9.17, 15) is 0 Å². The fourth-order valence-electron chi connectivity index (χ4n) is 0.0745. The minimum absolute atomic E-state index is 1.44. The molecule has 0 aromatic carbocycles. The molecule has 0 N–H and O–H groups in total. The highest BCUT2D eigenvalue weighted by Crippen LogP contribution is 1.52. The highest BCUT2D eigenvalue weighted by molar-refractivity contribution is 4.71. The van der Waals surface area contributed by atoms with Gasteiger partial charge in [0.05, 0.1) is 0 Å². The number of hydrogen-bond donors (Lipinski definition) is 0. The quantitative estimate of drug-likeness (QED) is 0.456. The van der Waals surface area contributed by atoms with Crippen molar-refractivity contribution in [3.05, 3.63) is 25.6 Å². The van der Waals surface area contributed by atoms with Crippen molar-refractivity contribution in [1.82, 2.24) is 5.32 Å². The topological polar surface area (TPSA) is 14.1 Å². The second kappa shape index (κ2) is 3.28. The second-order valence-corrected chi connectivity index (χ2v) is 0.514. The van der Waals surface area contributed by atoms with E-state index >= 15 is 0 Å². The summed E-state index contributed by atoms with van der Waals surface area (Å²) >= 11 is 0. The lowest BCUT2D eigenvalue weighted by atomic mass is 10.9. The first-order valence-electron chi connectivity index (χ1n) is 1.33. The summed E-state index contributed by atoms with van der Waals surface area (Å²) in [6, 6.07) is 0. The first-order chi connectivity index (χ1) is 2.41. The van der Waals surface area contributed by atoms with Gasteiger partial charge in [0.1, 0.15) is 0 Å². The molecule has 0 rings (SSSR count). The van der Waals surface area contributed by atoms with Crippen molar-refractivity contribution in [2.75, 3.05) is 0 Å². The Bertz CT molecular complexity index is 32.9. The van der Waals surface area contributed by atoms with Crippen molar-refractivity contribution >= 4 is 0 Å². The van der Waals surface area contributed by atoms with Crippen LogP contribution in [0.1, 0.15) is 0 Å². The molecule has 0 heterocycles. The summed E-state index contributed by atoms with van der Waals surface area (Å²) < 4.78 is 0. The van der Waals surface area contributed by atoms with Crippen molar-refractivity contribution < 1.29 is 0 Å². The fourth-order valence-corrected chi connectivity index (χ4v) is 0.0745. The molecule has 0 unspecified atom stereocenters. The largest absolute Gasteiger partial charge is 0.266 e. The molecule has 0 aliphatic rings. The molecule has 0 atom stereocenters. The Hall–Kier alpha value is -0.720. The van der Waals surface area contributed by atoms with Crippen LogP contribution in [0.15, 0.2) is 25.6 Å². The number of rotatable bonds is 2. The second-order valence-electron chi connectivity index (χ2n) is 0.514. The first kappa shape index (κ1) is 4.28. The van der Waals surface area contributed by atoms with Crippen LogP contribution in [0.4, 0.5) is 0 Å². The van der Waals surface area contributed by atoms with Gasteiger partial charge in [0, 0.05) is 12.4 Å². The summed E-state index contributed by atoms with van der Waals surface area (Å²) in [4.78, 5) is 0. The van der Waals surface area contributed by atoms with E-state index in [1.807, 2.05) is 0 Å². The highest BCUT2D eigenvalue weighted by Gasteiger charge is 1.48. The van der Waals surface area contributed by atoms with Gasteiger partial charge in [0.2, 0.25) is 0 Å². The molecule has 5 heavy (non-hydrogen) atoms. The third-order valence-corrected chi connectivity index (χ3v) is 0.211. The van der Waals surface area contributed by atoms with Crippen molar-refractivity contribution in [2.24, 2.45) is 0 Å². The summed E-state index contributed by atoms with van der Waals surface area (Å²) in [6.45, 7) is 6.62. The normalized spacial score (nSPS) is 5.60. The average molecular weight is 68.1 g/mol. The number of nitrogens with zero attached hydrogens (tertiary/aromatic N) is 1. The zero-order chi connectivity index (χ0) is 4.12. The molecule has 27 valence electrons. The predicted molar refractivity (Wildman–Crippen MR) is 22.5 cm³/mol. The Morgan fingerprint density at radius 2 is 1.60 bits per heavy atom. The van der Waals surface area contributed by atoms with E-state index < -0.39 is 0 Å². The van der Waals surface area contributed by atoms with Crippen LogP contribution in [-0.4, -0.2) is 0 Å². The SMILES string of the molecule is C=C[N]C=C.